The molecule has 0 aliphatic carbocycles. The topological polar surface area (TPSA) is 37.3 Å². The average Bonchev–Trinajstić information content (AvgIpc) is 2.26. The lowest BCUT2D eigenvalue weighted by atomic mass is 10.2. The maximum Gasteiger partial charge on any atom is 0.331 e. The van der Waals surface area contributed by atoms with E-state index in [0.29, 0.717) is 17.7 Å². The van der Waals surface area contributed by atoms with Gasteiger partial charge in [-0.2, -0.15) is 0 Å². The molecule has 86 valence electrons. The van der Waals surface area contributed by atoms with E-state index in [2.05, 4.69) is 0 Å². The molecule has 1 N–H and O–H groups in total. The Kier molecular flexibility index (Phi) is 5.05. The smallest absolute Gasteiger partial charge is 0.331 e. The van der Waals surface area contributed by atoms with Crippen LogP contribution in [0.15, 0.2) is 40.8 Å². The van der Waals surface area contributed by atoms with Gasteiger partial charge < -0.3 is 5.11 Å². The zero-order chi connectivity index (χ0) is 12.0. The van der Waals surface area contributed by atoms with Crippen molar-refractivity contribution in [3.05, 3.63) is 41.7 Å². The van der Waals surface area contributed by atoms with E-state index in [9.17, 15) is 9.18 Å². The van der Waals surface area contributed by atoms with Crippen LogP contribution in [-0.2, 0) is 4.79 Å². The first-order chi connectivity index (χ1) is 7.63. The van der Waals surface area contributed by atoms with Crippen LogP contribution in [0.5, 0.6) is 0 Å². The van der Waals surface area contributed by atoms with Crippen LogP contribution in [0.2, 0.25) is 0 Å². The number of rotatable bonds is 5. The largest absolute Gasteiger partial charge is 0.478 e. The second kappa shape index (κ2) is 6.33. The lowest BCUT2D eigenvalue weighted by Crippen LogP contribution is -1.99. The quantitative estimate of drug-likeness (QED) is 0.633. The molecule has 0 aliphatic rings. The van der Waals surface area contributed by atoms with Crippen molar-refractivity contribution < 1.29 is 14.3 Å². The Morgan fingerprint density at radius 1 is 1.44 bits per heavy atom. The van der Waals surface area contributed by atoms with Crippen molar-refractivity contribution in [2.45, 2.75) is 18.2 Å². The van der Waals surface area contributed by atoms with Crippen LogP contribution in [0.4, 0.5) is 4.39 Å². The maximum atomic E-state index is 12.6. The molecule has 0 radical (unpaired) electrons. The molecule has 0 fully saturated rings. The molecule has 0 heterocycles. The highest BCUT2D eigenvalue weighted by molar-refractivity contribution is 7.99. The van der Waals surface area contributed by atoms with Gasteiger partial charge in [-0.3, -0.25) is 0 Å². The lowest BCUT2D eigenvalue weighted by molar-refractivity contribution is -0.132. The van der Waals surface area contributed by atoms with Crippen LogP contribution in [0.1, 0.15) is 13.3 Å². The number of halogens is 1. The molecule has 16 heavy (non-hydrogen) atoms. The van der Waals surface area contributed by atoms with Crippen molar-refractivity contribution in [2.75, 3.05) is 5.75 Å². The molecule has 0 saturated carbocycles. The Hall–Kier alpha value is -1.29. The Bertz CT molecular complexity index is 385. The molecule has 0 aliphatic heterocycles. The summed E-state index contributed by atoms with van der Waals surface area (Å²) in [7, 11) is 0. The van der Waals surface area contributed by atoms with E-state index >= 15 is 0 Å². The van der Waals surface area contributed by atoms with Crippen molar-refractivity contribution in [3.8, 4) is 0 Å². The molecule has 1 aromatic rings. The summed E-state index contributed by atoms with van der Waals surface area (Å²) in [6, 6.07) is 6.15. The van der Waals surface area contributed by atoms with Gasteiger partial charge in [-0.25, -0.2) is 9.18 Å². The van der Waals surface area contributed by atoms with Crippen molar-refractivity contribution in [1.82, 2.24) is 0 Å². The summed E-state index contributed by atoms with van der Waals surface area (Å²) in [5, 5.41) is 8.78. The number of carboxylic acids is 1. The van der Waals surface area contributed by atoms with Crippen molar-refractivity contribution in [1.29, 1.82) is 0 Å². The second-order valence-electron chi connectivity index (χ2n) is 3.15. The first-order valence-electron chi connectivity index (χ1n) is 4.94. The fraction of sp³-hybridized carbons (Fsp3) is 0.250. The number of carbonyl (C=O) groups is 1. The number of thioether (sulfide) groups is 1. The van der Waals surface area contributed by atoms with Crippen molar-refractivity contribution in [3.63, 3.8) is 0 Å². The molecule has 2 nitrogen and oxygen atoms in total. The van der Waals surface area contributed by atoms with Gasteiger partial charge in [0, 0.05) is 16.2 Å². The fourth-order valence-electron chi connectivity index (χ4n) is 1.15. The average molecular weight is 240 g/mol. The predicted octanol–water partition coefficient (Wildman–Crippen LogP) is 3.34. The summed E-state index contributed by atoms with van der Waals surface area (Å²) in [6.07, 6.45) is 2.20. The SMILES string of the molecule is CCC(=CCSc1ccc(F)cc1)C(=O)O. The molecular formula is C12H13FO2S. The molecule has 0 unspecified atom stereocenters. The van der Waals surface area contributed by atoms with Gasteiger partial charge >= 0.3 is 5.97 Å². The van der Waals surface area contributed by atoms with E-state index in [0.717, 1.165) is 4.90 Å². The summed E-state index contributed by atoms with van der Waals surface area (Å²) in [4.78, 5) is 11.6. The number of benzene rings is 1. The molecule has 0 amide bonds. The van der Waals surface area contributed by atoms with Crippen LogP contribution in [0.25, 0.3) is 0 Å². The minimum absolute atomic E-state index is 0.264. The molecule has 0 spiro atoms. The minimum Gasteiger partial charge on any atom is -0.478 e. The first kappa shape index (κ1) is 12.8. The maximum absolute atomic E-state index is 12.6. The zero-order valence-corrected chi connectivity index (χ0v) is 9.76. The highest BCUT2D eigenvalue weighted by Crippen LogP contribution is 2.18. The second-order valence-corrected chi connectivity index (χ2v) is 4.25. The van der Waals surface area contributed by atoms with Gasteiger partial charge in [0.2, 0.25) is 0 Å². The van der Waals surface area contributed by atoms with Gasteiger partial charge in [0.15, 0.2) is 0 Å². The Morgan fingerprint density at radius 2 is 2.06 bits per heavy atom. The van der Waals surface area contributed by atoms with Gasteiger partial charge in [0.1, 0.15) is 5.82 Å². The monoisotopic (exact) mass is 240 g/mol. The summed E-state index contributed by atoms with van der Waals surface area (Å²) < 4.78 is 12.6. The molecular weight excluding hydrogens is 227 g/mol. The minimum atomic E-state index is -0.873. The van der Waals surface area contributed by atoms with Gasteiger partial charge in [-0.05, 0) is 30.7 Å². The summed E-state index contributed by atoms with van der Waals surface area (Å²) in [5.74, 6) is -0.553. The number of hydrogen-bond donors (Lipinski definition) is 1. The molecule has 0 atom stereocenters. The summed E-state index contributed by atoms with van der Waals surface area (Å²) in [6.45, 7) is 1.81. The first-order valence-corrected chi connectivity index (χ1v) is 5.92. The van der Waals surface area contributed by atoms with Gasteiger partial charge in [-0.1, -0.05) is 13.0 Å². The fourth-order valence-corrected chi connectivity index (χ4v) is 1.96. The number of hydrogen-bond acceptors (Lipinski definition) is 2. The third-order valence-electron chi connectivity index (χ3n) is 2.05. The van der Waals surface area contributed by atoms with E-state index < -0.39 is 5.97 Å². The highest BCUT2D eigenvalue weighted by atomic mass is 32.2. The van der Waals surface area contributed by atoms with Gasteiger partial charge in [-0.15, -0.1) is 11.8 Å². The van der Waals surface area contributed by atoms with Gasteiger partial charge in [0.05, 0.1) is 0 Å². The molecule has 0 bridgehead atoms. The van der Waals surface area contributed by atoms with Crippen LogP contribution in [-0.4, -0.2) is 16.8 Å². The highest BCUT2D eigenvalue weighted by Gasteiger charge is 2.03. The Morgan fingerprint density at radius 3 is 2.56 bits per heavy atom. The normalized spacial score (nSPS) is 11.5. The van der Waals surface area contributed by atoms with Crippen molar-refractivity contribution in [2.24, 2.45) is 0 Å². The van der Waals surface area contributed by atoms with E-state index in [1.165, 1.54) is 23.9 Å². The predicted molar refractivity (Wildman–Crippen MR) is 63.1 cm³/mol. The van der Waals surface area contributed by atoms with Crippen LogP contribution >= 0.6 is 11.8 Å². The van der Waals surface area contributed by atoms with Crippen LogP contribution in [0, 0.1) is 5.82 Å². The Balaban J connectivity index is 2.52. The molecule has 4 heteroatoms. The van der Waals surface area contributed by atoms with Crippen molar-refractivity contribution >= 4 is 17.7 Å². The van der Waals surface area contributed by atoms with Gasteiger partial charge in [0.25, 0.3) is 0 Å². The molecule has 1 rings (SSSR count). The van der Waals surface area contributed by atoms with Crippen LogP contribution in [0.3, 0.4) is 0 Å². The van der Waals surface area contributed by atoms with Crippen LogP contribution < -0.4 is 0 Å². The number of carboxylic acid groups (broad SMARTS) is 1. The summed E-state index contributed by atoms with van der Waals surface area (Å²) >= 11 is 1.48. The van der Waals surface area contributed by atoms with E-state index in [1.807, 2.05) is 6.92 Å². The molecule has 0 aromatic heterocycles. The molecule has 0 saturated heterocycles. The molecule has 1 aromatic carbocycles. The Labute approximate surface area is 98.2 Å². The lowest BCUT2D eigenvalue weighted by Gasteiger charge is -1.99. The van der Waals surface area contributed by atoms with E-state index in [-0.39, 0.29) is 5.82 Å². The van der Waals surface area contributed by atoms with E-state index in [4.69, 9.17) is 5.11 Å². The number of aliphatic carboxylic acids is 1. The van der Waals surface area contributed by atoms with E-state index in [1.54, 1.807) is 18.2 Å². The summed E-state index contributed by atoms with van der Waals surface area (Å²) in [5.41, 5.74) is 0.412. The third kappa shape index (κ3) is 4.06. The standard InChI is InChI=1S/C12H13FO2S/c1-2-9(12(14)15)7-8-16-11-5-3-10(13)4-6-11/h3-7H,2,8H2,1H3,(H,14,15). The third-order valence-corrected chi connectivity index (χ3v) is 2.99. The zero-order valence-electron chi connectivity index (χ0n) is 8.94.